The van der Waals surface area contributed by atoms with Crippen molar-refractivity contribution in [2.24, 2.45) is 5.92 Å². The van der Waals surface area contributed by atoms with Gasteiger partial charge >= 0.3 is 6.09 Å². The highest BCUT2D eigenvalue weighted by Crippen LogP contribution is 2.18. The lowest BCUT2D eigenvalue weighted by atomic mass is 9.95. The first-order valence-corrected chi connectivity index (χ1v) is 6.61. The molecular weight excluding hydrogens is 238 g/mol. The molecule has 1 rings (SSSR count). The van der Waals surface area contributed by atoms with Gasteiger partial charge in [-0.3, -0.25) is 4.18 Å². The second-order valence-electron chi connectivity index (χ2n) is 3.83. The van der Waals surface area contributed by atoms with Crippen molar-refractivity contribution in [1.29, 1.82) is 0 Å². The number of piperidine rings is 1. The fourth-order valence-corrected chi connectivity index (χ4v) is 1.98. The van der Waals surface area contributed by atoms with Gasteiger partial charge in [-0.1, -0.05) is 0 Å². The van der Waals surface area contributed by atoms with Gasteiger partial charge in [-0.25, -0.2) is 4.79 Å². The summed E-state index contributed by atoms with van der Waals surface area (Å²) in [4.78, 5) is 11.7. The molecular formula is C8H15NO6S. The van der Waals surface area contributed by atoms with E-state index in [9.17, 15) is 18.3 Å². The first kappa shape index (κ1) is 13.2. The monoisotopic (exact) mass is 253 g/mol. The number of likely N-dealkylation sites (tertiary alicyclic amines) is 1. The lowest BCUT2D eigenvalue weighted by Crippen LogP contribution is -2.47. The average molecular weight is 253 g/mol. The number of nitrogens with zero attached hydrogens (tertiary/aromatic N) is 1. The molecule has 2 N–H and O–H groups in total. The molecule has 0 saturated carbocycles. The fraction of sp³-hybridized carbons (Fsp3) is 0.875. The van der Waals surface area contributed by atoms with Crippen molar-refractivity contribution in [1.82, 2.24) is 4.90 Å². The van der Waals surface area contributed by atoms with Crippen LogP contribution in [0.2, 0.25) is 0 Å². The van der Waals surface area contributed by atoms with Crippen LogP contribution in [0.15, 0.2) is 0 Å². The number of carboxylic acid groups (broad SMARTS) is 1. The number of aliphatic hydroxyl groups excluding tert-OH is 1. The Morgan fingerprint density at radius 2 is 2.19 bits per heavy atom. The quantitative estimate of drug-likeness (QED) is 0.646. The van der Waals surface area contributed by atoms with E-state index in [1.807, 2.05) is 0 Å². The molecule has 8 heteroatoms. The van der Waals surface area contributed by atoms with Crippen LogP contribution in [0.3, 0.4) is 0 Å². The molecule has 1 aliphatic rings. The number of hydrogen-bond donors (Lipinski definition) is 2. The predicted molar refractivity (Wildman–Crippen MR) is 54.5 cm³/mol. The van der Waals surface area contributed by atoms with Crippen LogP contribution in [0, 0.1) is 5.92 Å². The molecule has 0 bridgehead atoms. The smallest absolute Gasteiger partial charge is 0.407 e. The van der Waals surface area contributed by atoms with Crippen LogP contribution in [-0.2, 0) is 14.3 Å². The SMILES string of the molecule is CS(=O)(=O)OC[C@H]1CCN(C(=O)O)C[C@@H]1O. The zero-order valence-electron chi connectivity index (χ0n) is 8.87. The highest BCUT2D eigenvalue weighted by atomic mass is 32.2. The molecule has 7 nitrogen and oxygen atoms in total. The molecule has 0 aromatic heterocycles. The highest BCUT2D eigenvalue weighted by molar-refractivity contribution is 7.85. The van der Waals surface area contributed by atoms with Gasteiger partial charge in [0, 0.05) is 12.5 Å². The van der Waals surface area contributed by atoms with E-state index in [2.05, 4.69) is 4.18 Å². The Morgan fingerprint density at radius 3 is 2.62 bits per heavy atom. The predicted octanol–water partition coefficient (Wildman–Crippen LogP) is -0.677. The molecule has 1 fully saturated rings. The topological polar surface area (TPSA) is 104 Å². The van der Waals surface area contributed by atoms with Gasteiger partial charge in [0.1, 0.15) is 0 Å². The van der Waals surface area contributed by atoms with Gasteiger partial charge in [0.15, 0.2) is 0 Å². The number of aliphatic hydroxyl groups is 1. The van der Waals surface area contributed by atoms with Gasteiger partial charge in [0.2, 0.25) is 0 Å². The molecule has 0 unspecified atom stereocenters. The van der Waals surface area contributed by atoms with Crippen LogP contribution < -0.4 is 0 Å². The normalized spacial score (nSPS) is 26.8. The number of amides is 1. The summed E-state index contributed by atoms with van der Waals surface area (Å²) in [5, 5.41) is 18.3. The summed E-state index contributed by atoms with van der Waals surface area (Å²) < 4.78 is 26.1. The van der Waals surface area contributed by atoms with Crippen LogP contribution in [0.1, 0.15) is 6.42 Å². The Balaban J connectivity index is 2.45. The van der Waals surface area contributed by atoms with Crippen LogP contribution in [0.25, 0.3) is 0 Å². The second kappa shape index (κ2) is 4.98. The summed E-state index contributed by atoms with van der Waals surface area (Å²) in [6, 6.07) is 0. The van der Waals surface area contributed by atoms with Crippen molar-refractivity contribution in [3.8, 4) is 0 Å². The molecule has 0 aliphatic carbocycles. The van der Waals surface area contributed by atoms with E-state index in [0.29, 0.717) is 6.42 Å². The third-order valence-electron chi connectivity index (χ3n) is 2.49. The Morgan fingerprint density at radius 1 is 1.56 bits per heavy atom. The Bertz CT molecular complexity index is 354. The summed E-state index contributed by atoms with van der Waals surface area (Å²) in [5.41, 5.74) is 0. The summed E-state index contributed by atoms with van der Waals surface area (Å²) >= 11 is 0. The first-order chi connectivity index (χ1) is 7.29. The van der Waals surface area contributed by atoms with Crippen molar-refractivity contribution in [2.45, 2.75) is 12.5 Å². The maximum Gasteiger partial charge on any atom is 0.407 e. The van der Waals surface area contributed by atoms with Crippen molar-refractivity contribution in [3.05, 3.63) is 0 Å². The zero-order valence-corrected chi connectivity index (χ0v) is 9.68. The summed E-state index contributed by atoms with van der Waals surface area (Å²) in [6.07, 6.45) is -0.637. The van der Waals surface area contributed by atoms with Crippen molar-refractivity contribution < 1.29 is 27.6 Å². The third kappa shape index (κ3) is 3.95. The number of β-amino-alcohol motifs (C(OH)–C–C–N with tert-alkyl or cyclic N) is 1. The van der Waals surface area contributed by atoms with Crippen LogP contribution in [0.4, 0.5) is 4.79 Å². The number of carbonyl (C=O) groups is 1. The molecule has 0 radical (unpaired) electrons. The minimum absolute atomic E-state index is 0.00682. The minimum Gasteiger partial charge on any atom is -0.465 e. The van der Waals surface area contributed by atoms with Gasteiger partial charge in [0.05, 0.1) is 25.5 Å². The van der Waals surface area contributed by atoms with Crippen LogP contribution >= 0.6 is 0 Å². The summed E-state index contributed by atoms with van der Waals surface area (Å²) in [7, 11) is -3.52. The first-order valence-electron chi connectivity index (χ1n) is 4.80. The van der Waals surface area contributed by atoms with Crippen molar-refractivity contribution >= 4 is 16.2 Å². The maximum absolute atomic E-state index is 10.7. The molecule has 16 heavy (non-hydrogen) atoms. The van der Waals surface area contributed by atoms with E-state index in [4.69, 9.17) is 5.11 Å². The van der Waals surface area contributed by atoms with E-state index in [1.165, 1.54) is 0 Å². The van der Waals surface area contributed by atoms with Gasteiger partial charge < -0.3 is 15.1 Å². The largest absolute Gasteiger partial charge is 0.465 e. The third-order valence-corrected chi connectivity index (χ3v) is 3.05. The maximum atomic E-state index is 10.7. The summed E-state index contributed by atoms with van der Waals surface area (Å²) in [5.74, 6) is -0.342. The van der Waals surface area contributed by atoms with Gasteiger partial charge in [-0.05, 0) is 6.42 Å². The average Bonchev–Trinajstić information content (AvgIpc) is 2.14. The number of rotatable bonds is 3. The van der Waals surface area contributed by atoms with E-state index in [0.717, 1.165) is 11.2 Å². The standard InChI is InChI=1S/C8H15NO6S/c1-16(13,14)15-5-6-2-3-9(8(11)12)4-7(6)10/h6-7,10H,2-5H2,1H3,(H,11,12)/t6-,7+/m1/s1. The summed E-state index contributed by atoms with van der Waals surface area (Å²) in [6.45, 7) is 0.171. The van der Waals surface area contributed by atoms with Crippen molar-refractivity contribution in [2.75, 3.05) is 26.0 Å². The molecule has 1 aliphatic heterocycles. The molecule has 0 aromatic carbocycles. The van der Waals surface area contributed by atoms with E-state index in [-0.39, 0.29) is 25.6 Å². The molecule has 0 spiro atoms. The lowest BCUT2D eigenvalue weighted by molar-refractivity contribution is 0.00798. The van der Waals surface area contributed by atoms with E-state index < -0.39 is 22.3 Å². The molecule has 1 amide bonds. The highest BCUT2D eigenvalue weighted by Gasteiger charge is 2.30. The van der Waals surface area contributed by atoms with E-state index in [1.54, 1.807) is 0 Å². The Kier molecular flexibility index (Phi) is 4.11. The molecule has 2 atom stereocenters. The van der Waals surface area contributed by atoms with Crippen molar-refractivity contribution in [3.63, 3.8) is 0 Å². The fourth-order valence-electron chi connectivity index (χ4n) is 1.56. The Hall–Kier alpha value is -0.860. The Labute approximate surface area is 93.7 Å². The lowest BCUT2D eigenvalue weighted by Gasteiger charge is -2.33. The number of hydrogen-bond acceptors (Lipinski definition) is 5. The minimum atomic E-state index is -3.52. The van der Waals surface area contributed by atoms with Gasteiger partial charge in [0.25, 0.3) is 10.1 Å². The zero-order chi connectivity index (χ0) is 12.3. The van der Waals surface area contributed by atoms with E-state index >= 15 is 0 Å². The molecule has 94 valence electrons. The second-order valence-corrected chi connectivity index (χ2v) is 5.48. The van der Waals surface area contributed by atoms with Gasteiger partial charge in [-0.15, -0.1) is 0 Å². The van der Waals surface area contributed by atoms with Gasteiger partial charge in [-0.2, -0.15) is 8.42 Å². The molecule has 1 saturated heterocycles. The van der Waals surface area contributed by atoms with Crippen LogP contribution in [-0.4, -0.2) is 61.7 Å². The van der Waals surface area contributed by atoms with Crippen LogP contribution in [0.5, 0.6) is 0 Å². The molecule has 1 heterocycles. The molecule has 0 aromatic rings.